The number of amides is 1. The van der Waals surface area contributed by atoms with Crippen LogP contribution in [0.15, 0.2) is 24.3 Å². The molecule has 0 radical (unpaired) electrons. The highest BCUT2D eigenvalue weighted by Gasteiger charge is 2.34. The highest BCUT2D eigenvalue weighted by Crippen LogP contribution is 2.29. The van der Waals surface area contributed by atoms with Crippen LogP contribution in [0.3, 0.4) is 0 Å². The second kappa shape index (κ2) is 7.89. The lowest BCUT2D eigenvalue weighted by molar-refractivity contribution is -0.121. The lowest BCUT2D eigenvalue weighted by Crippen LogP contribution is -2.56. The Morgan fingerprint density at radius 1 is 1.33 bits per heavy atom. The summed E-state index contributed by atoms with van der Waals surface area (Å²) in [5.41, 5.74) is 0.389. The number of nitrogens with one attached hydrogen (secondary N) is 3. The number of para-hydroxylation sites is 2. The summed E-state index contributed by atoms with van der Waals surface area (Å²) in [5.74, 6) is -0.283. The normalized spacial score (nSPS) is 12.4. The molecule has 9 heteroatoms. The third kappa shape index (κ3) is 6.13. The van der Waals surface area contributed by atoms with Crippen LogP contribution >= 0.6 is 47.0 Å². The molecule has 0 fully saturated rings. The van der Waals surface area contributed by atoms with Gasteiger partial charge in [0.2, 0.25) is 9.70 Å². The van der Waals surface area contributed by atoms with Gasteiger partial charge in [-0.2, -0.15) is 0 Å². The average molecular weight is 371 g/mol. The SMILES string of the molecule is CCC(=O)N[C@H](NC(=S)Nc1ccccc1O)C(Cl)(Cl)Cl. The number of hydrogen-bond donors (Lipinski definition) is 4. The Hall–Kier alpha value is -0.950. The number of carbonyl (C=O) groups is 1. The molecule has 0 aliphatic rings. The summed E-state index contributed by atoms with van der Waals surface area (Å²) in [5, 5.41) is 17.7. The van der Waals surface area contributed by atoms with E-state index in [2.05, 4.69) is 16.0 Å². The van der Waals surface area contributed by atoms with Crippen molar-refractivity contribution in [2.24, 2.45) is 0 Å². The molecule has 0 bridgehead atoms. The van der Waals surface area contributed by atoms with E-state index in [0.717, 1.165) is 0 Å². The number of benzene rings is 1. The first-order valence-corrected chi connectivity index (χ1v) is 7.49. The van der Waals surface area contributed by atoms with E-state index in [9.17, 15) is 9.90 Å². The van der Waals surface area contributed by atoms with Gasteiger partial charge in [0.15, 0.2) is 5.11 Å². The zero-order valence-electron chi connectivity index (χ0n) is 11.0. The summed E-state index contributed by atoms with van der Waals surface area (Å²) in [6, 6.07) is 6.51. The van der Waals surface area contributed by atoms with Gasteiger partial charge in [0.25, 0.3) is 0 Å². The number of carbonyl (C=O) groups excluding carboxylic acids is 1. The summed E-state index contributed by atoms with van der Waals surface area (Å²) in [7, 11) is 0. The summed E-state index contributed by atoms with van der Waals surface area (Å²) >= 11 is 22.5. The predicted molar refractivity (Wildman–Crippen MR) is 90.0 cm³/mol. The van der Waals surface area contributed by atoms with Crippen LogP contribution in [0.2, 0.25) is 0 Å². The van der Waals surface area contributed by atoms with Crippen molar-refractivity contribution >= 4 is 63.7 Å². The van der Waals surface area contributed by atoms with Crippen molar-refractivity contribution in [1.82, 2.24) is 10.6 Å². The smallest absolute Gasteiger partial charge is 0.228 e. The first-order chi connectivity index (χ1) is 9.74. The number of anilines is 1. The van der Waals surface area contributed by atoms with E-state index < -0.39 is 9.96 Å². The average Bonchev–Trinajstić information content (AvgIpc) is 2.39. The Kier molecular flexibility index (Phi) is 6.80. The molecule has 21 heavy (non-hydrogen) atoms. The second-order valence-corrected chi connectivity index (χ2v) is 6.79. The Morgan fingerprint density at radius 3 is 2.48 bits per heavy atom. The molecule has 0 heterocycles. The van der Waals surface area contributed by atoms with Gasteiger partial charge in [0.1, 0.15) is 11.9 Å². The number of hydrogen-bond acceptors (Lipinski definition) is 3. The summed E-state index contributed by atoms with van der Waals surface area (Å²) < 4.78 is -1.80. The van der Waals surface area contributed by atoms with E-state index in [0.29, 0.717) is 5.69 Å². The standard InChI is InChI=1S/C12H14Cl3N3O2S/c1-2-9(20)17-10(12(13,14)15)18-11(21)16-7-5-3-4-6-8(7)19/h3-6,10,19H,2H2,1H3,(H,17,20)(H2,16,18,21)/t10-/m1/s1. The fourth-order valence-corrected chi connectivity index (χ4v) is 1.89. The zero-order valence-corrected chi connectivity index (χ0v) is 14.1. The topological polar surface area (TPSA) is 73.4 Å². The summed E-state index contributed by atoms with van der Waals surface area (Å²) in [4.78, 5) is 11.4. The molecule has 1 rings (SSSR count). The van der Waals surface area contributed by atoms with Crippen LogP contribution in [0.25, 0.3) is 0 Å². The maximum Gasteiger partial charge on any atom is 0.228 e. The molecule has 116 valence electrons. The molecule has 0 unspecified atom stereocenters. The lowest BCUT2D eigenvalue weighted by atomic mass is 10.3. The van der Waals surface area contributed by atoms with Gasteiger partial charge in [-0.1, -0.05) is 53.9 Å². The highest BCUT2D eigenvalue weighted by atomic mass is 35.6. The highest BCUT2D eigenvalue weighted by molar-refractivity contribution is 7.80. The van der Waals surface area contributed by atoms with Gasteiger partial charge in [0, 0.05) is 6.42 Å². The summed E-state index contributed by atoms with van der Waals surface area (Å²) in [6.45, 7) is 1.67. The largest absolute Gasteiger partial charge is 0.506 e. The molecule has 1 amide bonds. The van der Waals surface area contributed by atoms with Gasteiger partial charge < -0.3 is 21.1 Å². The molecule has 5 nitrogen and oxygen atoms in total. The maximum absolute atomic E-state index is 11.4. The molecule has 1 aromatic carbocycles. The Balaban J connectivity index is 2.73. The van der Waals surface area contributed by atoms with Crippen molar-refractivity contribution in [3.8, 4) is 5.75 Å². The molecule has 0 aliphatic carbocycles. The van der Waals surface area contributed by atoms with Crippen molar-refractivity contribution in [3.63, 3.8) is 0 Å². The van der Waals surface area contributed by atoms with E-state index in [1.165, 1.54) is 6.07 Å². The fourth-order valence-electron chi connectivity index (χ4n) is 1.33. The molecule has 0 aromatic heterocycles. The van der Waals surface area contributed by atoms with Crippen LogP contribution in [-0.4, -0.2) is 26.1 Å². The van der Waals surface area contributed by atoms with Crippen molar-refractivity contribution in [1.29, 1.82) is 0 Å². The summed E-state index contributed by atoms with van der Waals surface area (Å²) in [6.07, 6.45) is -0.778. The number of phenolic OH excluding ortho intramolecular Hbond substituents is 1. The van der Waals surface area contributed by atoms with Gasteiger partial charge in [-0.3, -0.25) is 4.79 Å². The first kappa shape index (κ1) is 18.1. The number of halogens is 3. The number of phenols is 1. The number of aromatic hydroxyl groups is 1. The zero-order chi connectivity index (χ0) is 16.0. The maximum atomic E-state index is 11.4. The minimum Gasteiger partial charge on any atom is -0.506 e. The van der Waals surface area contributed by atoms with Crippen molar-refractivity contribution in [3.05, 3.63) is 24.3 Å². The third-order valence-electron chi connectivity index (χ3n) is 2.38. The third-order valence-corrected chi connectivity index (χ3v) is 3.26. The minimum atomic E-state index is -1.80. The molecule has 0 spiro atoms. The van der Waals surface area contributed by atoms with Crippen molar-refractivity contribution in [2.45, 2.75) is 23.3 Å². The number of alkyl halides is 3. The van der Waals surface area contributed by atoms with Crippen LogP contribution in [0, 0.1) is 0 Å². The molecule has 0 aliphatic heterocycles. The Labute approximate surface area is 142 Å². The van der Waals surface area contributed by atoms with Crippen LogP contribution in [0.5, 0.6) is 5.75 Å². The van der Waals surface area contributed by atoms with Crippen LogP contribution in [0.1, 0.15) is 13.3 Å². The van der Waals surface area contributed by atoms with Crippen LogP contribution in [0.4, 0.5) is 5.69 Å². The fraction of sp³-hybridized carbons (Fsp3) is 0.333. The van der Waals surface area contributed by atoms with Crippen LogP contribution < -0.4 is 16.0 Å². The van der Waals surface area contributed by atoms with Crippen LogP contribution in [-0.2, 0) is 4.79 Å². The predicted octanol–water partition coefficient (Wildman–Crippen LogP) is 2.90. The van der Waals surface area contributed by atoms with E-state index in [1.54, 1.807) is 25.1 Å². The molecular formula is C12H14Cl3N3O2S. The van der Waals surface area contributed by atoms with E-state index in [-0.39, 0.29) is 23.2 Å². The number of rotatable bonds is 4. The minimum absolute atomic E-state index is 0.0182. The van der Waals surface area contributed by atoms with E-state index >= 15 is 0 Å². The van der Waals surface area contributed by atoms with Gasteiger partial charge in [-0.15, -0.1) is 0 Å². The lowest BCUT2D eigenvalue weighted by Gasteiger charge is -2.27. The van der Waals surface area contributed by atoms with E-state index in [4.69, 9.17) is 47.0 Å². The first-order valence-electron chi connectivity index (χ1n) is 5.95. The molecule has 0 saturated carbocycles. The molecular weight excluding hydrogens is 357 g/mol. The monoisotopic (exact) mass is 369 g/mol. The molecule has 1 atom stereocenters. The Bertz CT molecular complexity index is 523. The van der Waals surface area contributed by atoms with Gasteiger partial charge in [-0.05, 0) is 24.4 Å². The number of thiocarbonyl (C=S) groups is 1. The Morgan fingerprint density at radius 2 is 1.95 bits per heavy atom. The van der Waals surface area contributed by atoms with Gasteiger partial charge in [-0.25, -0.2) is 0 Å². The molecule has 0 saturated heterocycles. The molecule has 1 aromatic rings. The van der Waals surface area contributed by atoms with Gasteiger partial charge >= 0.3 is 0 Å². The quantitative estimate of drug-likeness (QED) is 0.284. The van der Waals surface area contributed by atoms with Crippen molar-refractivity contribution < 1.29 is 9.90 Å². The molecule has 4 N–H and O–H groups in total. The second-order valence-electron chi connectivity index (χ2n) is 4.01. The van der Waals surface area contributed by atoms with Crippen molar-refractivity contribution in [2.75, 3.05) is 5.32 Å². The van der Waals surface area contributed by atoms with Gasteiger partial charge in [0.05, 0.1) is 5.69 Å². The van der Waals surface area contributed by atoms with E-state index in [1.807, 2.05) is 0 Å².